The first-order valence-electron chi connectivity index (χ1n) is 8.21. The van der Waals surface area contributed by atoms with Crippen molar-refractivity contribution in [2.75, 3.05) is 5.32 Å². The Labute approximate surface area is 155 Å². The third-order valence-corrected chi connectivity index (χ3v) is 3.94. The van der Waals surface area contributed by atoms with Crippen LogP contribution < -0.4 is 5.32 Å². The summed E-state index contributed by atoms with van der Waals surface area (Å²) in [5.74, 6) is -1.85. The zero-order valence-corrected chi connectivity index (χ0v) is 14.2. The van der Waals surface area contributed by atoms with Crippen molar-refractivity contribution in [2.45, 2.75) is 0 Å². The lowest BCUT2D eigenvalue weighted by atomic mass is 10.0. The number of aromatic carboxylic acids is 1. The van der Waals surface area contributed by atoms with Gasteiger partial charge in [-0.15, -0.1) is 0 Å². The molecule has 0 aromatic heterocycles. The molecule has 27 heavy (non-hydrogen) atoms. The molecule has 134 valence electrons. The van der Waals surface area contributed by atoms with Crippen molar-refractivity contribution in [1.29, 1.82) is 0 Å². The number of carboxylic acid groups (broad SMARTS) is 1. The van der Waals surface area contributed by atoms with Crippen molar-refractivity contribution in [1.82, 2.24) is 0 Å². The lowest BCUT2D eigenvalue weighted by Gasteiger charge is -2.06. The van der Waals surface area contributed by atoms with Gasteiger partial charge in [0.25, 0.3) is 0 Å². The van der Waals surface area contributed by atoms with E-state index in [-0.39, 0.29) is 17.1 Å². The van der Waals surface area contributed by atoms with Crippen molar-refractivity contribution in [3.05, 3.63) is 95.8 Å². The van der Waals surface area contributed by atoms with Crippen LogP contribution in [0.1, 0.15) is 15.9 Å². The van der Waals surface area contributed by atoms with E-state index in [1.54, 1.807) is 60.7 Å². The zero-order valence-electron chi connectivity index (χ0n) is 14.2. The number of benzene rings is 3. The van der Waals surface area contributed by atoms with Gasteiger partial charge in [-0.3, -0.25) is 4.79 Å². The van der Waals surface area contributed by atoms with Crippen molar-refractivity contribution < 1.29 is 19.1 Å². The third kappa shape index (κ3) is 4.46. The van der Waals surface area contributed by atoms with Gasteiger partial charge in [0.1, 0.15) is 5.82 Å². The van der Waals surface area contributed by atoms with Crippen molar-refractivity contribution >= 4 is 23.6 Å². The highest BCUT2D eigenvalue weighted by Gasteiger charge is 2.10. The van der Waals surface area contributed by atoms with E-state index in [9.17, 15) is 14.0 Å². The van der Waals surface area contributed by atoms with E-state index >= 15 is 0 Å². The predicted molar refractivity (Wildman–Crippen MR) is 103 cm³/mol. The molecule has 0 aliphatic carbocycles. The fourth-order valence-corrected chi connectivity index (χ4v) is 2.59. The standard InChI is InChI=1S/C22H16FNO3/c23-19-7-3-1-5-17(19)16-12-9-15(10-13-16)11-14-21(25)24-20-8-4-2-6-18(20)22(26)27/h1-14H,(H,24,25)(H,26,27)/b14-11+. The molecule has 0 saturated heterocycles. The summed E-state index contributed by atoms with van der Waals surface area (Å²) in [6.45, 7) is 0. The summed E-state index contributed by atoms with van der Waals surface area (Å²) in [4.78, 5) is 23.2. The number of hydrogen-bond donors (Lipinski definition) is 2. The maximum Gasteiger partial charge on any atom is 0.337 e. The average Bonchev–Trinajstić information content (AvgIpc) is 2.67. The third-order valence-electron chi connectivity index (χ3n) is 3.94. The summed E-state index contributed by atoms with van der Waals surface area (Å²) in [6, 6.07) is 19.8. The van der Waals surface area contributed by atoms with Crippen LogP contribution in [0.5, 0.6) is 0 Å². The van der Waals surface area contributed by atoms with Crippen LogP contribution in [0.15, 0.2) is 78.9 Å². The smallest absolute Gasteiger partial charge is 0.337 e. The van der Waals surface area contributed by atoms with Crippen LogP contribution in [0.3, 0.4) is 0 Å². The minimum Gasteiger partial charge on any atom is -0.478 e. The van der Waals surface area contributed by atoms with Crippen molar-refractivity contribution in [2.24, 2.45) is 0 Å². The maximum absolute atomic E-state index is 13.8. The van der Waals surface area contributed by atoms with E-state index in [4.69, 9.17) is 5.11 Å². The van der Waals surface area contributed by atoms with Gasteiger partial charge in [0.15, 0.2) is 0 Å². The van der Waals surface area contributed by atoms with Crippen LogP contribution in [0.2, 0.25) is 0 Å². The topological polar surface area (TPSA) is 66.4 Å². The summed E-state index contributed by atoms with van der Waals surface area (Å²) in [5.41, 5.74) is 2.26. The largest absolute Gasteiger partial charge is 0.478 e. The quantitative estimate of drug-likeness (QED) is 0.639. The summed E-state index contributed by atoms with van der Waals surface area (Å²) in [7, 11) is 0. The number of para-hydroxylation sites is 1. The van der Waals surface area contributed by atoms with Crippen molar-refractivity contribution in [3.8, 4) is 11.1 Å². The molecule has 0 heterocycles. The Morgan fingerprint density at radius 1 is 0.889 bits per heavy atom. The first kappa shape index (κ1) is 18.1. The Balaban J connectivity index is 1.70. The normalized spacial score (nSPS) is 10.7. The second-order valence-corrected chi connectivity index (χ2v) is 5.78. The number of carbonyl (C=O) groups is 2. The van der Waals surface area contributed by atoms with Gasteiger partial charge in [-0.05, 0) is 35.4 Å². The highest BCUT2D eigenvalue weighted by Crippen LogP contribution is 2.23. The molecule has 3 rings (SSSR count). The number of nitrogens with one attached hydrogen (secondary N) is 1. The van der Waals surface area contributed by atoms with Crippen LogP contribution in [-0.2, 0) is 4.79 Å². The number of carbonyl (C=O) groups excluding carboxylic acids is 1. The Kier molecular flexibility index (Phi) is 5.42. The zero-order chi connectivity index (χ0) is 19.2. The Bertz CT molecular complexity index is 1010. The number of halogens is 1. The molecule has 0 atom stereocenters. The monoisotopic (exact) mass is 361 g/mol. The van der Waals surface area contributed by atoms with Gasteiger partial charge in [-0.25, -0.2) is 9.18 Å². The molecule has 0 aliphatic heterocycles. The van der Waals surface area contributed by atoms with Gasteiger partial charge >= 0.3 is 5.97 Å². The van der Waals surface area contributed by atoms with E-state index in [0.717, 1.165) is 11.1 Å². The Hall–Kier alpha value is -3.73. The molecular weight excluding hydrogens is 345 g/mol. The highest BCUT2D eigenvalue weighted by atomic mass is 19.1. The van der Waals surface area contributed by atoms with Gasteiger partial charge in [-0.1, -0.05) is 54.6 Å². The minimum atomic E-state index is -1.11. The minimum absolute atomic E-state index is 0.0218. The van der Waals surface area contributed by atoms with E-state index in [1.165, 1.54) is 24.3 Å². The Morgan fingerprint density at radius 3 is 2.26 bits per heavy atom. The summed E-state index contributed by atoms with van der Waals surface area (Å²) >= 11 is 0. The van der Waals surface area contributed by atoms with Crippen LogP contribution in [-0.4, -0.2) is 17.0 Å². The fourth-order valence-electron chi connectivity index (χ4n) is 2.59. The molecule has 0 radical (unpaired) electrons. The first-order valence-corrected chi connectivity index (χ1v) is 8.21. The van der Waals surface area contributed by atoms with Gasteiger partial charge < -0.3 is 10.4 Å². The fraction of sp³-hybridized carbons (Fsp3) is 0. The van der Waals surface area contributed by atoms with E-state index in [1.807, 2.05) is 0 Å². The first-order chi connectivity index (χ1) is 13.0. The van der Waals surface area contributed by atoms with Crippen molar-refractivity contribution in [3.63, 3.8) is 0 Å². The summed E-state index contributed by atoms with van der Waals surface area (Å²) in [6.07, 6.45) is 2.92. The molecule has 0 fully saturated rings. The molecule has 4 nitrogen and oxygen atoms in total. The van der Waals surface area contributed by atoms with Crippen LogP contribution >= 0.6 is 0 Å². The highest BCUT2D eigenvalue weighted by molar-refractivity contribution is 6.06. The number of amides is 1. The SMILES string of the molecule is O=C(/C=C/c1ccc(-c2ccccc2F)cc1)Nc1ccccc1C(=O)O. The van der Waals surface area contributed by atoms with Crippen LogP contribution in [0.4, 0.5) is 10.1 Å². The predicted octanol–water partition coefficient (Wildman–Crippen LogP) is 4.84. The molecule has 1 amide bonds. The molecule has 0 saturated carbocycles. The van der Waals surface area contributed by atoms with Gasteiger partial charge in [0.2, 0.25) is 5.91 Å². The molecule has 3 aromatic carbocycles. The molecule has 0 spiro atoms. The van der Waals surface area contributed by atoms with E-state index < -0.39 is 11.9 Å². The summed E-state index contributed by atoms with van der Waals surface area (Å²) < 4.78 is 13.8. The van der Waals surface area contributed by atoms with Gasteiger partial charge in [0.05, 0.1) is 11.3 Å². The van der Waals surface area contributed by atoms with E-state index in [2.05, 4.69) is 5.32 Å². The molecule has 5 heteroatoms. The number of rotatable bonds is 5. The molecule has 0 unspecified atom stereocenters. The second kappa shape index (κ2) is 8.10. The molecular formula is C22H16FNO3. The molecule has 0 aliphatic rings. The van der Waals surface area contributed by atoms with E-state index in [0.29, 0.717) is 5.56 Å². The van der Waals surface area contributed by atoms with Crippen LogP contribution in [0.25, 0.3) is 17.2 Å². The molecule has 3 aromatic rings. The van der Waals surface area contributed by atoms with Gasteiger partial charge in [-0.2, -0.15) is 0 Å². The number of hydrogen-bond acceptors (Lipinski definition) is 2. The second-order valence-electron chi connectivity index (χ2n) is 5.78. The summed E-state index contributed by atoms with van der Waals surface area (Å²) in [5, 5.41) is 11.7. The lowest BCUT2D eigenvalue weighted by molar-refractivity contribution is -0.111. The van der Waals surface area contributed by atoms with Gasteiger partial charge in [0, 0.05) is 11.6 Å². The molecule has 0 bridgehead atoms. The van der Waals surface area contributed by atoms with Crippen LogP contribution in [0, 0.1) is 5.82 Å². The lowest BCUT2D eigenvalue weighted by Crippen LogP contribution is -2.11. The number of anilines is 1. The maximum atomic E-state index is 13.8. The molecule has 2 N–H and O–H groups in total. The Morgan fingerprint density at radius 2 is 1.56 bits per heavy atom. The average molecular weight is 361 g/mol. The number of carboxylic acids is 1.